The average molecular weight is 376 g/mol. The number of amides is 1. The molecule has 1 N–H and O–H groups in total. The SMILES string of the molecule is CCn1cc(Br)cc1C(=O)Nc1c(Cl)ccc(C)c1Cl. The zero-order valence-electron chi connectivity index (χ0n) is 11.0. The number of carbonyl (C=O) groups is 1. The Balaban J connectivity index is 2.35. The van der Waals surface area contributed by atoms with Crippen molar-refractivity contribution < 1.29 is 4.79 Å². The minimum absolute atomic E-state index is 0.244. The van der Waals surface area contributed by atoms with E-state index in [1.54, 1.807) is 12.1 Å². The molecule has 0 unspecified atom stereocenters. The largest absolute Gasteiger partial charge is 0.343 e. The third kappa shape index (κ3) is 3.03. The third-order valence-corrected chi connectivity index (χ3v) is 4.19. The molecule has 0 fully saturated rings. The molecule has 0 radical (unpaired) electrons. The number of rotatable bonds is 3. The van der Waals surface area contributed by atoms with Crippen LogP contribution >= 0.6 is 39.1 Å². The van der Waals surface area contributed by atoms with Crippen molar-refractivity contribution in [3.8, 4) is 0 Å². The fraction of sp³-hybridized carbons (Fsp3) is 0.214. The predicted octanol–water partition coefficient (Wildman–Crippen LogP) is 5.14. The second-order valence-electron chi connectivity index (χ2n) is 4.34. The van der Waals surface area contributed by atoms with Gasteiger partial charge in [0.15, 0.2) is 0 Å². The molecule has 6 heteroatoms. The van der Waals surface area contributed by atoms with Crippen molar-refractivity contribution in [2.45, 2.75) is 20.4 Å². The number of hydrogen-bond acceptors (Lipinski definition) is 1. The van der Waals surface area contributed by atoms with Gasteiger partial charge in [-0.2, -0.15) is 0 Å². The van der Waals surface area contributed by atoms with E-state index >= 15 is 0 Å². The molecule has 0 aliphatic heterocycles. The molecule has 3 nitrogen and oxygen atoms in total. The van der Waals surface area contributed by atoms with Crippen LogP contribution in [0.4, 0.5) is 5.69 Å². The van der Waals surface area contributed by atoms with Crippen LogP contribution in [0.15, 0.2) is 28.9 Å². The Hall–Kier alpha value is -0.970. The number of aromatic nitrogens is 1. The number of carbonyl (C=O) groups excluding carboxylic acids is 1. The van der Waals surface area contributed by atoms with E-state index in [0.717, 1.165) is 10.0 Å². The standard InChI is InChI=1S/C14H13BrCl2N2O/c1-3-19-7-9(15)6-11(19)14(20)18-13-10(16)5-4-8(2)12(13)17/h4-7H,3H2,1-2H3,(H,18,20). The summed E-state index contributed by atoms with van der Waals surface area (Å²) in [5.41, 5.74) is 1.85. The summed E-state index contributed by atoms with van der Waals surface area (Å²) < 4.78 is 2.70. The second-order valence-corrected chi connectivity index (χ2v) is 6.04. The first kappa shape index (κ1) is 15.4. The molecule has 20 heavy (non-hydrogen) atoms. The maximum atomic E-state index is 12.4. The minimum Gasteiger partial charge on any atom is -0.343 e. The lowest BCUT2D eigenvalue weighted by atomic mass is 10.2. The van der Waals surface area contributed by atoms with Gasteiger partial charge < -0.3 is 9.88 Å². The van der Waals surface area contributed by atoms with Crippen LogP contribution in [0.3, 0.4) is 0 Å². The molecule has 0 atom stereocenters. The lowest BCUT2D eigenvalue weighted by Crippen LogP contribution is -2.17. The summed E-state index contributed by atoms with van der Waals surface area (Å²) in [5, 5.41) is 3.66. The first-order valence-electron chi connectivity index (χ1n) is 6.05. The smallest absolute Gasteiger partial charge is 0.272 e. The van der Waals surface area contributed by atoms with Gasteiger partial charge in [0.1, 0.15) is 5.69 Å². The molecule has 1 aromatic heterocycles. The minimum atomic E-state index is -0.244. The first-order chi connectivity index (χ1) is 9.43. The lowest BCUT2D eigenvalue weighted by molar-refractivity contribution is 0.101. The van der Waals surface area contributed by atoms with E-state index in [-0.39, 0.29) is 5.91 Å². The van der Waals surface area contributed by atoms with Crippen molar-refractivity contribution >= 4 is 50.7 Å². The predicted molar refractivity (Wildman–Crippen MR) is 87.0 cm³/mol. The normalized spacial score (nSPS) is 10.7. The van der Waals surface area contributed by atoms with E-state index in [4.69, 9.17) is 23.2 Å². The summed E-state index contributed by atoms with van der Waals surface area (Å²) >= 11 is 15.7. The topological polar surface area (TPSA) is 34.0 Å². The molecular weight excluding hydrogens is 363 g/mol. The highest BCUT2D eigenvalue weighted by Gasteiger charge is 2.16. The van der Waals surface area contributed by atoms with Crippen LogP contribution in [0.2, 0.25) is 10.0 Å². The highest BCUT2D eigenvalue weighted by Crippen LogP contribution is 2.33. The molecule has 0 spiro atoms. The molecule has 0 aliphatic carbocycles. The van der Waals surface area contributed by atoms with Crippen LogP contribution in [-0.4, -0.2) is 10.5 Å². The van der Waals surface area contributed by atoms with Crippen molar-refractivity contribution in [2.75, 3.05) is 5.32 Å². The molecular formula is C14H13BrCl2N2O. The summed E-state index contributed by atoms with van der Waals surface area (Å²) in [5.74, 6) is -0.244. The van der Waals surface area contributed by atoms with Crippen LogP contribution in [0, 0.1) is 6.92 Å². The number of benzene rings is 1. The molecule has 2 aromatic rings. The summed E-state index contributed by atoms with van der Waals surface area (Å²) in [7, 11) is 0. The number of nitrogens with one attached hydrogen (secondary N) is 1. The van der Waals surface area contributed by atoms with Gasteiger partial charge in [0.25, 0.3) is 5.91 Å². The van der Waals surface area contributed by atoms with Gasteiger partial charge >= 0.3 is 0 Å². The molecule has 106 valence electrons. The van der Waals surface area contributed by atoms with Crippen LogP contribution in [0.1, 0.15) is 23.0 Å². The summed E-state index contributed by atoms with van der Waals surface area (Å²) in [4.78, 5) is 12.4. The molecule has 0 bridgehead atoms. The van der Waals surface area contributed by atoms with Crippen LogP contribution in [0.25, 0.3) is 0 Å². The quantitative estimate of drug-likeness (QED) is 0.791. The summed E-state index contributed by atoms with van der Waals surface area (Å²) in [6, 6.07) is 5.29. The number of aryl methyl sites for hydroxylation is 2. The highest BCUT2D eigenvalue weighted by atomic mass is 79.9. The molecule has 0 saturated heterocycles. The van der Waals surface area contributed by atoms with Gasteiger partial charge in [-0.3, -0.25) is 4.79 Å². The van der Waals surface area contributed by atoms with Crippen molar-refractivity contribution in [1.82, 2.24) is 4.57 Å². The van der Waals surface area contributed by atoms with Crippen LogP contribution in [-0.2, 0) is 6.54 Å². The van der Waals surface area contributed by atoms with E-state index in [2.05, 4.69) is 21.2 Å². The number of halogens is 3. The molecule has 1 amide bonds. The number of anilines is 1. The van der Waals surface area contributed by atoms with Gasteiger partial charge in [0.05, 0.1) is 15.7 Å². The highest BCUT2D eigenvalue weighted by molar-refractivity contribution is 9.10. The van der Waals surface area contributed by atoms with Crippen molar-refractivity contribution in [2.24, 2.45) is 0 Å². The zero-order chi connectivity index (χ0) is 14.9. The van der Waals surface area contributed by atoms with Gasteiger partial charge in [-0.15, -0.1) is 0 Å². The van der Waals surface area contributed by atoms with Crippen molar-refractivity contribution in [3.05, 3.63) is 50.2 Å². The average Bonchev–Trinajstić information content (AvgIpc) is 2.80. The van der Waals surface area contributed by atoms with Gasteiger partial charge in [-0.25, -0.2) is 0 Å². The molecule has 1 aromatic carbocycles. The second kappa shape index (κ2) is 6.20. The summed E-state index contributed by atoms with van der Waals surface area (Å²) in [6.45, 7) is 4.53. The zero-order valence-corrected chi connectivity index (χ0v) is 14.1. The Labute approximate surface area is 136 Å². The third-order valence-electron chi connectivity index (χ3n) is 2.96. The van der Waals surface area contributed by atoms with Gasteiger partial charge in [-0.1, -0.05) is 29.3 Å². The molecule has 1 heterocycles. The lowest BCUT2D eigenvalue weighted by Gasteiger charge is -2.12. The van der Waals surface area contributed by atoms with E-state index in [1.807, 2.05) is 30.7 Å². The van der Waals surface area contributed by atoms with Crippen LogP contribution in [0.5, 0.6) is 0 Å². The van der Waals surface area contributed by atoms with Gasteiger partial charge in [-0.05, 0) is 47.5 Å². The first-order valence-corrected chi connectivity index (χ1v) is 7.60. The fourth-order valence-corrected chi connectivity index (χ4v) is 2.80. The Kier molecular flexibility index (Phi) is 4.78. The Bertz CT molecular complexity index is 667. The van der Waals surface area contributed by atoms with Crippen molar-refractivity contribution in [1.29, 1.82) is 0 Å². The van der Waals surface area contributed by atoms with E-state index in [0.29, 0.717) is 28.0 Å². The number of hydrogen-bond donors (Lipinski definition) is 1. The Morgan fingerprint density at radius 1 is 1.40 bits per heavy atom. The van der Waals surface area contributed by atoms with Gasteiger partial charge in [0.2, 0.25) is 0 Å². The van der Waals surface area contributed by atoms with E-state index < -0.39 is 0 Å². The van der Waals surface area contributed by atoms with Crippen LogP contribution < -0.4 is 5.32 Å². The Morgan fingerprint density at radius 3 is 2.75 bits per heavy atom. The maximum Gasteiger partial charge on any atom is 0.272 e. The maximum absolute atomic E-state index is 12.4. The van der Waals surface area contributed by atoms with Gasteiger partial charge in [0, 0.05) is 17.2 Å². The Morgan fingerprint density at radius 2 is 2.10 bits per heavy atom. The number of nitrogens with zero attached hydrogens (tertiary/aromatic N) is 1. The summed E-state index contributed by atoms with van der Waals surface area (Å²) in [6.07, 6.45) is 1.86. The molecule has 2 rings (SSSR count). The van der Waals surface area contributed by atoms with E-state index in [1.165, 1.54) is 0 Å². The fourth-order valence-electron chi connectivity index (χ4n) is 1.88. The monoisotopic (exact) mass is 374 g/mol. The van der Waals surface area contributed by atoms with E-state index in [9.17, 15) is 4.79 Å². The molecule has 0 saturated carbocycles. The molecule has 0 aliphatic rings. The van der Waals surface area contributed by atoms with Crippen molar-refractivity contribution in [3.63, 3.8) is 0 Å².